The number of alkyl carbamates (subject to hydrolysis) is 1. The van der Waals surface area contributed by atoms with E-state index in [4.69, 9.17) is 42.3 Å². The molecule has 0 radical (unpaired) electrons. The molecule has 2 heterocycles. The number of hydrogen-bond acceptors (Lipinski definition) is 21. The molecular weight excluding hydrogens is 1230 g/mol. The quantitative estimate of drug-likeness (QED) is 0.00789. The molecule has 2 amide bonds. The number of Topliss-reactive ketones (excluding diaryl/α,β-unsaturated/α-hetero) is 2. The molecule has 0 bridgehead atoms. The molecule has 0 aliphatic heterocycles. The van der Waals surface area contributed by atoms with Gasteiger partial charge in [-0.05, 0) is 162 Å². The number of aromatic carboxylic acids is 1. The van der Waals surface area contributed by atoms with E-state index in [9.17, 15) is 42.0 Å². The molecular formula is C62H76N12O14S3. The van der Waals surface area contributed by atoms with Crippen molar-refractivity contribution < 1.29 is 66.0 Å². The van der Waals surface area contributed by atoms with Crippen molar-refractivity contribution in [1.82, 2.24) is 30.6 Å². The summed E-state index contributed by atoms with van der Waals surface area (Å²) in [5.41, 5.74) is 28.5. The summed E-state index contributed by atoms with van der Waals surface area (Å²) < 4.78 is 49.5. The minimum absolute atomic E-state index is 0.110. The Morgan fingerprint density at radius 2 is 1.23 bits per heavy atom. The topological polar surface area (TPSA) is 413 Å². The first kappa shape index (κ1) is 72.3. The minimum atomic E-state index is -4.00. The maximum Gasteiger partial charge on any atom is 0.408 e. The van der Waals surface area contributed by atoms with Crippen molar-refractivity contribution in [1.29, 1.82) is 0 Å². The number of carbonyl (C=O) groups excluding carboxylic acids is 6. The number of rotatable bonds is 23. The summed E-state index contributed by atoms with van der Waals surface area (Å²) in [6, 6.07) is 23.1. The number of methoxy groups -OCH3 is 3. The predicted molar refractivity (Wildman–Crippen MR) is 349 cm³/mol. The van der Waals surface area contributed by atoms with Gasteiger partial charge in [-0.3, -0.25) is 24.4 Å². The SMILES string of the molecule is CN=C(N)NCCC[C@H](NC(=O)OC(C)(C)C)C(=O)c1nc2ccc(C(=O)O)cc2s1.COC(=O)c1ccc(CN)cc1.COC(=O)c1ccc(CNC(=O)c2ccc3nc(C(=O)[C@@H](N)CCCN=C(N)NS(=O)(=O)c4c(C)cc(OC)c(C)c4C)sc3c2)cc1. The molecule has 0 fully saturated rings. The highest BCUT2D eigenvalue weighted by molar-refractivity contribution is 7.90. The Morgan fingerprint density at radius 1 is 0.692 bits per heavy atom. The standard InChI is InChI=1S/C33H38N6O7S2.C20H27N5O5S.C9H11NO2/c1-18-15-26(45-4)19(2)20(3)29(18)48(43,44)39-33(35)36-14-6-7-24(34)28(40)31-38-25-13-12-23(16-27(25)47-31)30(41)37-17-21-8-10-22(11-9-21)32(42)46-5;1-20(2,3)30-19(29)25-13(6-5-9-23-18(21)22-4)15(26)16-24-12-8-7-11(17(27)28)10-14(12)31-16;1-12-9(11)8-4-2-7(6-10)3-5-8/h8-13,15-16,24H,6-7,14,17,34H2,1-5H3,(H,37,41)(H3,35,36,39);7-8,10,13H,5-6,9H2,1-4H3,(H,25,29)(H,27,28)(H3,21,22,23);2-5H,6,10H2,1H3/t24-;13-;/m00./s1. The van der Waals surface area contributed by atoms with Crippen molar-refractivity contribution in [2.45, 2.75) is 103 Å². The molecule has 0 aliphatic rings. The average molecular weight is 1310 g/mol. The Kier molecular flexibility index (Phi) is 26.6. The van der Waals surface area contributed by atoms with Crippen LogP contribution in [0.3, 0.4) is 0 Å². The Morgan fingerprint density at radius 3 is 1.76 bits per heavy atom. The molecule has 0 saturated carbocycles. The highest BCUT2D eigenvalue weighted by Gasteiger charge is 2.29. The number of nitrogens with two attached hydrogens (primary N) is 4. The number of carbonyl (C=O) groups is 7. The van der Waals surface area contributed by atoms with Crippen LogP contribution in [0.1, 0.15) is 135 Å². The molecule has 0 aliphatic carbocycles. The number of aromatic nitrogens is 2. The Labute approximate surface area is 534 Å². The number of ether oxygens (including phenoxy) is 4. The summed E-state index contributed by atoms with van der Waals surface area (Å²) in [7, 11) is 1.75. The van der Waals surface area contributed by atoms with Crippen LogP contribution in [0.15, 0.2) is 106 Å². The van der Waals surface area contributed by atoms with Gasteiger partial charge in [0.2, 0.25) is 17.5 Å². The third-order valence-corrected chi connectivity index (χ3v) is 17.1. The zero-order valence-corrected chi connectivity index (χ0v) is 54.5. The molecule has 13 N–H and O–H groups in total. The van der Waals surface area contributed by atoms with Crippen molar-refractivity contribution in [3.8, 4) is 5.75 Å². The average Bonchev–Trinajstić information content (AvgIpc) is 0.965. The van der Waals surface area contributed by atoms with Crippen molar-refractivity contribution >= 4 is 107 Å². The van der Waals surface area contributed by atoms with E-state index in [0.29, 0.717) is 91.9 Å². The van der Waals surface area contributed by atoms with E-state index in [2.05, 4.69) is 45.4 Å². The van der Waals surface area contributed by atoms with Crippen LogP contribution in [0.5, 0.6) is 5.75 Å². The fourth-order valence-corrected chi connectivity index (χ4v) is 12.0. The van der Waals surface area contributed by atoms with Gasteiger partial charge in [0.25, 0.3) is 15.9 Å². The van der Waals surface area contributed by atoms with Gasteiger partial charge in [-0.25, -0.2) is 42.3 Å². The van der Waals surface area contributed by atoms with E-state index in [1.165, 1.54) is 33.5 Å². The van der Waals surface area contributed by atoms with Crippen molar-refractivity contribution in [3.63, 3.8) is 0 Å². The number of aliphatic imine (C=N–C) groups is 2. The Bertz CT molecular complexity index is 3940. The number of sulfonamides is 1. The van der Waals surface area contributed by atoms with Gasteiger partial charge in [0.1, 0.15) is 11.4 Å². The summed E-state index contributed by atoms with van der Waals surface area (Å²) in [5, 5.41) is 17.9. The van der Waals surface area contributed by atoms with Crippen molar-refractivity contribution in [3.05, 3.63) is 151 Å². The fraction of sp³-hybridized carbons (Fsp3) is 0.339. The molecule has 0 saturated heterocycles. The number of fused-ring (bicyclic) bond motifs is 2. The lowest BCUT2D eigenvalue weighted by Crippen LogP contribution is -2.44. The monoisotopic (exact) mass is 1310 g/mol. The van der Waals surface area contributed by atoms with Crippen LogP contribution in [0.2, 0.25) is 0 Å². The van der Waals surface area contributed by atoms with Crippen molar-refractivity contribution in [2.75, 3.05) is 41.5 Å². The summed E-state index contributed by atoms with van der Waals surface area (Å²) >= 11 is 2.23. The zero-order valence-electron chi connectivity index (χ0n) is 52.0. The van der Waals surface area contributed by atoms with E-state index in [0.717, 1.165) is 33.8 Å². The molecule has 7 aromatic rings. The lowest BCUT2D eigenvalue weighted by atomic mass is 10.1. The molecule has 7 rings (SSSR count). The van der Waals surface area contributed by atoms with Crippen LogP contribution in [0.25, 0.3) is 20.4 Å². The predicted octanol–water partition coefficient (Wildman–Crippen LogP) is 6.85. The van der Waals surface area contributed by atoms with Crippen LogP contribution in [0, 0.1) is 20.8 Å². The smallest absolute Gasteiger partial charge is 0.408 e. The molecule has 486 valence electrons. The number of aryl methyl sites for hydroxylation is 1. The van der Waals surface area contributed by atoms with Crippen LogP contribution < -0.4 is 48.3 Å². The van der Waals surface area contributed by atoms with Gasteiger partial charge in [-0.15, -0.1) is 22.7 Å². The summed E-state index contributed by atoms with van der Waals surface area (Å²) in [6.45, 7) is 11.7. The van der Waals surface area contributed by atoms with Crippen LogP contribution in [0.4, 0.5) is 4.79 Å². The van der Waals surface area contributed by atoms with E-state index in [1.807, 2.05) is 12.1 Å². The molecule has 2 atom stereocenters. The Hall–Kier alpha value is -9.42. The number of hydrogen-bond donors (Lipinski definition) is 9. The van der Waals surface area contributed by atoms with E-state index >= 15 is 0 Å². The number of nitrogens with one attached hydrogen (secondary N) is 4. The third kappa shape index (κ3) is 21.1. The van der Waals surface area contributed by atoms with Gasteiger partial charge in [0, 0.05) is 38.8 Å². The fourth-order valence-electron chi connectivity index (χ4n) is 8.53. The maximum atomic E-state index is 13.1. The summed E-state index contributed by atoms with van der Waals surface area (Å²) in [6.07, 6.45) is 0.773. The normalized spacial score (nSPS) is 12.2. The highest BCUT2D eigenvalue weighted by atomic mass is 32.2. The second kappa shape index (κ2) is 33.4. The van der Waals surface area contributed by atoms with Crippen LogP contribution in [-0.4, -0.2) is 136 Å². The first-order valence-electron chi connectivity index (χ1n) is 28.2. The number of esters is 2. The van der Waals surface area contributed by atoms with E-state index < -0.39 is 45.7 Å². The van der Waals surface area contributed by atoms with E-state index in [1.54, 1.807) is 115 Å². The zero-order chi connectivity index (χ0) is 67.3. The number of amides is 2. The van der Waals surface area contributed by atoms with Crippen LogP contribution in [-0.2, 0) is 37.3 Å². The Balaban J connectivity index is 0.000000296. The number of thiazole rings is 2. The van der Waals surface area contributed by atoms with Gasteiger partial charge in [-0.2, -0.15) is 0 Å². The van der Waals surface area contributed by atoms with Gasteiger partial charge in [0.05, 0.1) is 75.4 Å². The number of guanidine groups is 2. The molecule has 0 unspecified atom stereocenters. The molecule has 91 heavy (non-hydrogen) atoms. The first-order chi connectivity index (χ1) is 43.0. The second-order valence-corrected chi connectivity index (χ2v) is 24.9. The summed E-state index contributed by atoms with van der Waals surface area (Å²) in [5.74, 6) is -2.25. The van der Waals surface area contributed by atoms with Gasteiger partial charge in [0.15, 0.2) is 16.0 Å². The minimum Gasteiger partial charge on any atom is -0.496 e. The van der Waals surface area contributed by atoms with Gasteiger partial charge >= 0.3 is 24.0 Å². The lowest BCUT2D eigenvalue weighted by Gasteiger charge is -2.22. The molecule has 5 aromatic carbocycles. The number of benzene rings is 5. The number of carboxylic acids is 1. The maximum absolute atomic E-state index is 13.1. The molecule has 0 spiro atoms. The van der Waals surface area contributed by atoms with E-state index in [-0.39, 0.29) is 75.3 Å². The van der Waals surface area contributed by atoms with Crippen LogP contribution >= 0.6 is 22.7 Å². The molecule has 29 heteroatoms. The first-order valence-corrected chi connectivity index (χ1v) is 31.3. The van der Waals surface area contributed by atoms with Crippen molar-refractivity contribution in [2.24, 2.45) is 32.9 Å². The summed E-state index contributed by atoms with van der Waals surface area (Å²) in [4.78, 5) is 102. The number of nitrogens with zero attached hydrogens (tertiary/aromatic N) is 4. The van der Waals surface area contributed by atoms with Gasteiger partial charge in [-0.1, -0.05) is 24.3 Å². The molecule has 26 nitrogen and oxygen atoms in total. The third-order valence-electron chi connectivity index (χ3n) is 13.4. The second-order valence-electron chi connectivity index (χ2n) is 21.2. The largest absolute Gasteiger partial charge is 0.496 e. The number of carboxylic acid groups (broad SMARTS) is 1. The molecule has 2 aromatic heterocycles. The number of ketones is 2. The lowest BCUT2D eigenvalue weighted by molar-refractivity contribution is 0.0486. The highest BCUT2D eigenvalue weighted by Crippen LogP contribution is 2.31. The van der Waals surface area contributed by atoms with Gasteiger partial charge < -0.3 is 62.9 Å².